The molecule has 0 aromatic heterocycles. The standard InChI is InChI=1S/C31H53NO/c1-4-7-8-9-10-11-12-13-14-15-16-20-24-29-25-21-26-30(31(29)32(5-2)6-3)33-27-28-22-18-17-19-23-28/h17-19,22-24,30-31H,4-16,20-21,25-27H2,1-3H3/b29-24-/t30-,31-/m0/s1. The van der Waals surface area contributed by atoms with E-state index in [4.69, 9.17) is 4.74 Å². The Morgan fingerprint density at radius 1 is 0.818 bits per heavy atom. The Labute approximate surface area is 206 Å². The van der Waals surface area contributed by atoms with Crippen LogP contribution in [0.25, 0.3) is 0 Å². The summed E-state index contributed by atoms with van der Waals surface area (Å²) in [5.74, 6) is 0. The van der Waals surface area contributed by atoms with Crippen molar-refractivity contribution in [1.82, 2.24) is 4.90 Å². The van der Waals surface area contributed by atoms with Crippen LogP contribution in [-0.4, -0.2) is 30.1 Å². The molecule has 0 unspecified atom stereocenters. The van der Waals surface area contributed by atoms with Crippen molar-refractivity contribution in [3.63, 3.8) is 0 Å². The number of hydrogen-bond acceptors (Lipinski definition) is 2. The topological polar surface area (TPSA) is 12.5 Å². The van der Waals surface area contributed by atoms with E-state index in [2.05, 4.69) is 62.1 Å². The smallest absolute Gasteiger partial charge is 0.0773 e. The molecule has 0 aliphatic heterocycles. The monoisotopic (exact) mass is 455 g/mol. The molecule has 188 valence electrons. The van der Waals surface area contributed by atoms with Gasteiger partial charge in [0.15, 0.2) is 0 Å². The van der Waals surface area contributed by atoms with Crippen molar-refractivity contribution in [2.75, 3.05) is 13.1 Å². The highest BCUT2D eigenvalue weighted by Crippen LogP contribution is 2.31. The number of likely N-dealkylation sites (N-methyl/N-ethyl adjacent to an activating group) is 1. The summed E-state index contributed by atoms with van der Waals surface area (Å²) in [6.07, 6.45) is 23.5. The molecule has 2 nitrogen and oxygen atoms in total. The van der Waals surface area contributed by atoms with Gasteiger partial charge in [-0.1, -0.05) is 127 Å². The molecule has 2 heteroatoms. The number of benzene rings is 1. The van der Waals surface area contributed by atoms with Gasteiger partial charge in [-0.2, -0.15) is 0 Å². The van der Waals surface area contributed by atoms with Gasteiger partial charge in [0.2, 0.25) is 0 Å². The second kappa shape index (κ2) is 18.2. The Hall–Kier alpha value is -1.12. The first kappa shape index (κ1) is 28.1. The van der Waals surface area contributed by atoms with Crippen LogP contribution in [0.1, 0.15) is 123 Å². The molecule has 33 heavy (non-hydrogen) atoms. The van der Waals surface area contributed by atoms with E-state index >= 15 is 0 Å². The first-order valence-corrected chi connectivity index (χ1v) is 14.4. The summed E-state index contributed by atoms with van der Waals surface area (Å²) in [5, 5.41) is 0. The number of allylic oxidation sites excluding steroid dienone is 1. The lowest BCUT2D eigenvalue weighted by Crippen LogP contribution is -2.47. The van der Waals surface area contributed by atoms with Gasteiger partial charge >= 0.3 is 0 Å². The van der Waals surface area contributed by atoms with Crippen LogP contribution >= 0.6 is 0 Å². The van der Waals surface area contributed by atoms with Crippen LogP contribution in [0.3, 0.4) is 0 Å². The van der Waals surface area contributed by atoms with Crippen molar-refractivity contribution >= 4 is 0 Å². The number of ether oxygens (including phenoxy) is 1. The maximum Gasteiger partial charge on any atom is 0.0773 e. The molecule has 1 aliphatic carbocycles. The van der Waals surface area contributed by atoms with Gasteiger partial charge < -0.3 is 4.74 Å². The molecular weight excluding hydrogens is 402 g/mol. The Balaban J connectivity index is 1.74. The number of rotatable bonds is 18. The molecule has 2 rings (SSSR count). The summed E-state index contributed by atoms with van der Waals surface area (Å²) < 4.78 is 6.53. The van der Waals surface area contributed by atoms with Gasteiger partial charge in [0.05, 0.1) is 18.8 Å². The Morgan fingerprint density at radius 3 is 2.03 bits per heavy atom. The number of unbranched alkanes of at least 4 members (excludes halogenated alkanes) is 11. The summed E-state index contributed by atoms with van der Waals surface area (Å²) in [7, 11) is 0. The summed E-state index contributed by atoms with van der Waals surface area (Å²) >= 11 is 0. The van der Waals surface area contributed by atoms with E-state index in [1.165, 1.54) is 102 Å². The van der Waals surface area contributed by atoms with Crippen molar-refractivity contribution < 1.29 is 4.74 Å². The molecule has 1 fully saturated rings. The summed E-state index contributed by atoms with van der Waals surface area (Å²) in [6.45, 7) is 9.83. The molecular formula is C31H53NO. The SMILES string of the molecule is CCCCCCCCCCCCC/C=C1/CCC[C@H](OCc2ccccc2)[C@H]1N(CC)CC. The van der Waals surface area contributed by atoms with Crippen LogP contribution in [0.2, 0.25) is 0 Å². The van der Waals surface area contributed by atoms with E-state index in [-0.39, 0.29) is 0 Å². The summed E-state index contributed by atoms with van der Waals surface area (Å²) in [6, 6.07) is 11.1. The normalized spacial score (nSPS) is 20.1. The van der Waals surface area contributed by atoms with E-state index in [1.54, 1.807) is 5.57 Å². The van der Waals surface area contributed by atoms with E-state index in [1.807, 2.05) is 0 Å². The van der Waals surface area contributed by atoms with E-state index in [0.29, 0.717) is 12.1 Å². The fourth-order valence-corrected chi connectivity index (χ4v) is 5.41. The number of hydrogen-bond donors (Lipinski definition) is 0. The molecule has 0 amide bonds. The molecule has 0 radical (unpaired) electrons. The van der Waals surface area contributed by atoms with Crippen LogP contribution in [0.15, 0.2) is 42.0 Å². The predicted octanol–water partition coefficient (Wildman–Crippen LogP) is 9.09. The van der Waals surface area contributed by atoms with Gasteiger partial charge in [0.1, 0.15) is 0 Å². The maximum absolute atomic E-state index is 6.53. The van der Waals surface area contributed by atoms with Gasteiger partial charge in [-0.25, -0.2) is 0 Å². The van der Waals surface area contributed by atoms with Gasteiger partial charge in [-0.3, -0.25) is 4.90 Å². The maximum atomic E-state index is 6.53. The minimum atomic E-state index is 0.322. The zero-order valence-corrected chi connectivity index (χ0v) is 22.2. The van der Waals surface area contributed by atoms with Crippen LogP contribution in [-0.2, 0) is 11.3 Å². The third kappa shape index (κ3) is 11.2. The quantitative estimate of drug-likeness (QED) is 0.162. The Kier molecular flexibility index (Phi) is 15.5. The minimum absolute atomic E-state index is 0.322. The van der Waals surface area contributed by atoms with E-state index in [9.17, 15) is 0 Å². The second-order valence-corrected chi connectivity index (χ2v) is 10.00. The van der Waals surface area contributed by atoms with Crippen molar-refractivity contribution in [2.24, 2.45) is 0 Å². The highest BCUT2D eigenvalue weighted by molar-refractivity contribution is 5.18. The molecule has 1 aromatic carbocycles. The highest BCUT2D eigenvalue weighted by atomic mass is 16.5. The third-order valence-corrected chi connectivity index (χ3v) is 7.41. The van der Waals surface area contributed by atoms with Crippen molar-refractivity contribution in [3.05, 3.63) is 47.5 Å². The molecule has 0 bridgehead atoms. The zero-order valence-electron chi connectivity index (χ0n) is 22.2. The molecule has 1 aromatic rings. The molecule has 0 heterocycles. The molecule has 0 N–H and O–H groups in total. The zero-order chi connectivity index (χ0) is 23.6. The first-order chi connectivity index (χ1) is 16.3. The van der Waals surface area contributed by atoms with Gasteiger partial charge in [0.25, 0.3) is 0 Å². The van der Waals surface area contributed by atoms with Gasteiger partial charge in [0, 0.05) is 0 Å². The average molecular weight is 456 g/mol. The fourth-order valence-electron chi connectivity index (χ4n) is 5.41. The van der Waals surface area contributed by atoms with Crippen LogP contribution in [0.4, 0.5) is 0 Å². The second-order valence-electron chi connectivity index (χ2n) is 10.00. The van der Waals surface area contributed by atoms with Crippen LogP contribution < -0.4 is 0 Å². The molecule has 0 saturated heterocycles. The summed E-state index contributed by atoms with van der Waals surface area (Å²) in [5.41, 5.74) is 2.93. The Bertz CT molecular complexity index is 607. The van der Waals surface area contributed by atoms with Crippen molar-refractivity contribution in [1.29, 1.82) is 0 Å². The fraction of sp³-hybridized carbons (Fsp3) is 0.742. The van der Waals surface area contributed by atoms with E-state index < -0.39 is 0 Å². The Morgan fingerprint density at radius 2 is 1.42 bits per heavy atom. The largest absolute Gasteiger partial charge is 0.372 e. The molecule has 1 aliphatic rings. The highest BCUT2D eigenvalue weighted by Gasteiger charge is 2.33. The van der Waals surface area contributed by atoms with Crippen molar-refractivity contribution in [3.8, 4) is 0 Å². The molecule has 1 saturated carbocycles. The lowest BCUT2D eigenvalue weighted by atomic mass is 9.85. The minimum Gasteiger partial charge on any atom is -0.372 e. The number of nitrogens with zero attached hydrogens (tertiary/aromatic N) is 1. The summed E-state index contributed by atoms with van der Waals surface area (Å²) in [4.78, 5) is 2.63. The van der Waals surface area contributed by atoms with Crippen LogP contribution in [0, 0.1) is 0 Å². The van der Waals surface area contributed by atoms with Gasteiger partial charge in [-0.15, -0.1) is 0 Å². The average Bonchev–Trinajstić information content (AvgIpc) is 2.85. The molecule has 2 atom stereocenters. The molecule has 0 spiro atoms. The van der Waals surface area contributed by atoms with Crippen LogP contribution in [0.5, 0.6) is 0 Å². The third-order valence-electron chi connectivity index (χ3n) is 7.41. The lowest BCUT2D eigenvalue weighted by Gasteiger charge is -2.41. The van der Waals surface area contributed by atoms with Crippen molar-refractivity contribution in [2.45, 2.75) is 136 Å². The van der Waals surface area contributed by atoms with E-state index in [0.717, 1.165) is 19.7 Å². The van der Waals surface area contributed by atoms with Gasteiger partial charge in [-0.05, 0) is 50.8 Å². The predicted molar refractivity (Wildman–Crippen MR) is 145 cm³/mol. The first-order valence-electron chi connectivity index (χ1n) is 14.4. The lowest BCUT2D eigenvalue weighted by molar-refractivity contribution is -0.0247.